The van der Waals surface area contributed by atoms with Gasteiger partial charge in [-0.1, -0.05) is 41.4 Å². The Morgan fingerprint density at radius 2 is 1.68 bits per heavy atom. The zero-order valence-corrected chi connectivity index (χ0v) is 28.3. The summed E-state index contributed by atoms with van der Waals surface area (Å²) in [4.78, 5) is 47.1. The summed E-state index contributed by atoms with van der Waals surface area (Å²) in [5.41, 5.74) is 2.20. The van der Waals surface area contributed by atoms with Crippen molar-refractivity contribution < 1.29 is 29.0 Å². The van der Waals surface area contributed by atoms with Crippen molar-refractivity contribution >= 4 is 57.5 Å². The van der Waals surface area contributed by atoms with Crippen LogP contribution in [0.25, 0.3) is 10.9 Å². The summed E-state index contributed by atoms with van der Waals surface area (Å²) >= 11 is 13.5. The van der Waals surface area contributed by atoms with E-state index in [1.807, 2.05) is 38.1 Å². The smallest absolute Gasteiger partial charge is 0.306 e. The van der Waals surface area contributed by atoms with Gasteiger partial charge in [0.25, 0.3) is 5.91 Å². The predicted molar refractivity (Wildman–Crippen MR) is 181 cm³/mol. The third-order valence-electron chi connectivity index (χ3n) is 9.67. The minimum absolute atomic E-state index is 0.0453. The highest BCUT2D eigenvalue weighted by molar-refractivity contribution is 6.36. The number of carboxylic acids is 1. The zero-order chi connectivity index (χ0) is 33.3. The first-order chi connectivity index (χ1) is 22.5. The molecule has 3 aromatic rings. The number of ether oxygens (including phenoxy) is 2. The normalized spacial score (nSPS) is 25.4. The van der Waals surface area contributed by atoms with Gasteiger partial charge in [0, 0.05) is 54.7 Å². The lowest BCUT2D eigenvalue weighted by Crippen LogP contribution is -2.71. The van der Waals surface area contributed by atoms with Crippen LogP contribution in [0.2, 0.25) is 10.0 Å². The molecule has 2 saturated heterocycles. The summed E-state index contributed by atoms with van der Waals surface area (Å²) in [5.74, 6) is -3.05. The number of para-hydroxylation sites is 1. The molecular formula is C35H42Cl2N4O6. The fourth-order valence-corrected chi connectivity index (χ4v) is 7.89. The summed E-state index contributed by atoms with van der Waals surface area (Å²) in [6.07, 6.45) is 5.13. The molecule has 3 N–H and O–H groups in total. The van der Waals surface area contributed by atoms with Crippen LogP contribution in [0.3, 0.4) is 0 Å². The molecule has 0 bridgehead atoms. The highest BCUT2D eigenvalue weighted by atomic mass is 35.5. The average molecular weight is 686 g/mol. The Balaban J connectivity index is 1.29. The number of rotatable bonds is 10. The topological polar surface area (TPSA) is 124 Å². The second-order valence-corrected chi connectivity index (χ2v) is 13.9. The number of nitrogens with zero attached hydrogens (tertiary/aromatic N) is 2. The Kier molecular flexibility index (Phi) is 10.3. The monoisotopic (exact) mass is 684 g/mol. The van der Waals surface area contributed by atoms with Crippen molar-refractivity contribution in [1.29, 1.82) is 0 Å². The third kappa shape index (κ3) is 7.09. The molecule has 6 rings (SSSR count). The lowest BCUT2D eigenvalue weighted by molar-refractivity contribution is -0.274. The predicted octanol–water partition coefficient (Wildman–Crippen LogP) is 6.36. The van der Waals surface area contributed by atoms with Gasteiger partial charge >= 0.3 is 5.97 Å². The number of ketones is 1. The molecule has 3 heterocycles. The SMILES string of the molecule is C[C@@H]1CN(C(OC2CCC(C(=O)O)CC2)(C(=O)Cc2cc(Cl)c(NC(=O)c3c[nH]c4ccccc34)cc2Cl)N2CCCC2)C[C@H](C)O1. The van der Waals surface area contributed by atoms with Gasteiger partial charge in [-0.3, -0.25) is 24.2 Å². The van der Waals surface area contributed by atoms with Crippen molar-refractivity contribution in [2.75, 3.05) is 31.5 Å². The van der Waals surface area contributed by atoms with Gasteiger partial charge in [-0.2, -0.15) is 0 Å². The first-order valence-electron chi connectivity index (χ1n) is 16.5. The largest absolute Gasteiger partial charge is 0.481 e. The molecule has 1 aromatic heterocycles. The van der Waals surface area contributed by atoms with Crippen LogP contribution >= 0.6 is 23.2 Å². The van der Waals surface area contributed by atoms with Crippen LogP contribution in [-0.2, 0) is 25.5 Å². The van der Waals surface area contributed by atoms with Crippen LogP contribution in [0, 0.1) is 5.92 Å². The summed E-state index contributed by atoms with van der Waals surface area (Å²) in [5, 5.41) is 13.8. The number of amides is 1. The van der Waals surface area contributed by atoms with Crippen LogP contribution < -0.4 is 5.32 Å². The van der Waals surface area contributed by atoms with Crippen molar-refractivity contribution in [3.63, 3.8) is 0 Å². The minimum Gasteiger partial charge on any atom is -0.481 e. The minimum atomic E-state index is -1.37. The Hall–Kier alpha value is -2.99. The van der Waals surface area contributed by atoms with Crippen molar-refractivity contribution in [3.05, 3.63) is 63.8 Å². The van der Waals surface area contributed by atoms with E-state index in [1.165, 1.54) is 0 Å². The Bertz CT molecular complexity index is 1620. The molecule has 3 fully saturated rings. The van der Waals surface area contributed by atoms with E-state index in [1.54, 1.807) is 18.3 Å². The number of aliphatic carboxylic acids is 1. The second-order valence-electron chi connectivity index (χ2n) is 13.1. The molecule has 1 aliphatic carbocycles. The third-order valence-corrected chi connectivity index (χ3v) is 10.3. The Morgan fingerprint density at radius 3 is 2.36 bits per heavy atom. The van der Waals surface area contributed by atoms with Gasteiger partial charge < -0.3 is 24.9 Å². The standard InChI is InChI=1S/C35H42Cl2N4O6/c1-21-19-41(20-22(2)46-21)35(40-13-5-6-14-40,47-25-11-9-23(10-12-25)34(44)45)32(42)16-24-15-29(37)31(17-28(24)36)39-33(43)27-18-38-30-8-4-3-7-26(27)30/h3-4,7-8,15,17-18,21-23,25,38H,5-6,9-14,16,19-20H2,1-2H3,(H,39,43)(H,44,45)/t21-,22+,23?,25?,35?. The number of hydrogen-bond donors (Lipinski definition) is 3. The summed E-state index contributed by atoms with van der Waals surface area (Å²) in [6, 6.07) is 10.8. The molecule has 252 valence electrons. The first-order valence-corrected chi connectivity index (χ1v) is 17.3. The van der Waals surface area contributed by atoms with Crippen LogP contribution in [-0.4, -0.2) is 87.9 Å². The number of aromatic nitrogens is 1. The number of likely N-dealkylation sites (tertiary alicyclic amines) is 1. The number of halogens is 2. The van der Waals surface area contributed by atoms with Crippen LogP contribution in [0.1, 0.15) is 68.3 Å². The van der Waals surface area contributed by atoms with Gasteiger partial charge in [0.15, 0.2) is 5.78 Å². The fraction of sp³-hybridized carbons (Fsp3) is 0.514. The van der Waals surface area contributed by atoms with Gasteiger partial charge in [0.1, 0.15) is 0 Å². The van der Waals surface area contributed by atoms with E-state index in [0.29, 0.717) is 73.7 Å². The Morgan fingerprint density at radius 1 is 1.00 bits per heavy atom. The summed E-state index contributed by atoms with van der Waals surface area (Å²) in [7, 11) is 0. The Labute approximate surface area is 284 Å². The zero-order valence-electron chi connectivity index (χ0n) is 26.8. The molecule has 2 aliphatic heterocycles. The van der Waals surface area contributed by atoms with E-state index >= 15 is 0 Å². The maximum absolute atomic E-state index is 14.9. The fourth-order valence-electron chi connectivity index (χ4n) is 7.43. The molecule has 1 amide bonds. The van der Waals surface area contributed by atoms with Crippen molar-refractivity contribution in [3.8, 4) is 0 Å². The number of morpholine rings is 1. The maximum Gasteiger partial charge on any atom is 0.306 e. The van der Waals surface area contributed by atoms with Crippen LogP contribution in [0.5, 0.6) is 0 Å². The van der Waals surface area contributed by atoms with Gasteiger partial charge in [0.2, 0.25) is 5.85 Å². The van der Waals surface area contributed by atoms with Crippen LogP contribution in [0.4, 0.5) is 5.69 Å². The van der Waals surface area contributed by atoms with Gasteiger partial charge in [-0.25, -0.2) is 0 Å². The molecule has 2 aromatic carbocycles. The molecule has 47 heavy (non-hydrogen) atoms. The van der Waals surface area contributed by atoms with E-state index in [2.05, 4.69) is 20.1 Å². The van der Waals surface area contributed by atoms with E-state index in [4.69, 9.17) is 32.7 Å². The molecule has 0 radical (unpaired) electrons. The molecule has 1 unspecified atom stereocenters. The van der Waals surface area contributed by atoms with Crippen molar-refractivity contribution in [1.82, 2.24) is 14.8 Å². The molecule has 1 saturated carbocycles. The number of carboxylic acid groups (broad SMARTS) is 1. The number of H-pyrrole nitrogens is 1. The lowest BCUT2D eigenvalue weighted by Gasteiger charge is -2.52. The first kappa shape index (κ1) is 33.9. The van der Waals surface area contributed by atoms with Gasteiger partial charge in [0.05, 0.1) is 40.5 Å². The summed E-state index contributed by atoms with van der Waals surface area (Å²) < 4.78 is 13.1. The van der Waals surface area contributed by atoms with E-state index in [0.717, 1.165) is 23.7 Å². The summed E-state index contributed by atoms with van der Waals surface area (Å²) in [6.45, 7) is 6.40. The van der Waals surface area contributed by atoms with Crippen molar-refractivity contribution in [2.45, 2.75) is 83.0 Å². The second kappa shape index (κ2) is 14.2. The number of fused-ring (bicyclic) bond motifs is 1. The van der Waals surface area contributed by atoms with E-state index in [9.17, 15) is 19.5 Å². The molecule has 3 atom stereocenters. The molecule has 0 spiro atoms. The molecule has 10 nitrogen and oxygen atoms in total. The number of carbonyl (C=O) groups excluding carboxylic acids is 2. The quantitative estimate of drug-likeness (QED) is 0.226. The van der Waals surface area contributed by atoms with E-state index in [-0.39, 0.29) is 41.4 Å². The lowest BCUT2D eigenvalue weighted by atomic mass is 9.87. The number of nitrogens with one attached hydrogen (secondary N) is 2. The van der Waals surface area contributed by atoms with Gasteiger partial charge in [-0.05, 0) is 76.1 Å². The molecule has 3 aliphatic rings. The number of anilines is 1. The average Bonchev–Trinajstić information content (AvgIpc) is 3.73. The number of carbonyl (C=O) groups is 3. The van der Waals surface area contributed by atoms with Crippen molar-refractivity contribution in [2.24, 2.45) is 5.92 Å². The van der Waals surface area contributed by atoms with Crippen LogP contribution in [0.15, 0.2) is 42.6 Å². The highest BCUT2D eigenvalue weighted by Gasteiger charge is 2.54. The van der Waals surface area contributed by atoms with E-state index < -0.39 is 17.7 Å². The number of aromatic amines is 1. The molecule has 12 heteroatoms. The molecular weight excluding hydrogens is 643 g/mol. The number of hydrogen-bond acceptors (Lipinski definition) is 7. The maximum atomic E-state index is 14.9. The van der Waals surface area contributed by atoms with Gasteiger partial charge in [-0.15, -0.1) is 0 Å². The number of benzene rings is 2. The number of Topliss-reactive ketones (excluding diaryl/α,β-unsaturated/α-hetero) is 1. The highest BCUT2D eigenvalue weighted by Crippen LogP contribution is 2.38.